The van der Waals surface area contributed by atoms with Gasteiger partial charge >= 0.3 is 12.1 Å². The molecule has 0 unspecified atom stereocenters. The summed E-state index contributed by atoms with van der Waals surface area (Å²) in [6.45, 7) is 3.63. The lowest BCUT2D eigenvalue weighted by atomic mass is 9.98. The zero-order valence-corrected chi connectivity index (χ0v) is 23.0. The molecule has 0 aliphatic heterocycles. The first kappa shape index (κ1) is 27.6. The molecule has 1 N–H and O–H groups in total. The van der Waals surface area contributed by atoms with Crippen LogP contribution < -0.4 is 5.32 Å². The van der Waals surface area contributed by atoms with Crippen molar-refractivity contribution in [3.8, 4) is 11.1 Å². The summed E-state index contributed by atoms with van der Waals surface area (Å²) in [6, 6.07) is 31.5. The van der Waals surface area contributed by atoms with Gasteiger partial charge in [0.2, 0.25) is 0 Å². The summed E-state index contributed by atoms with van der Waals surface area (Å²) in [5.41, 5.74) is 6.86. The summed E-state index contributed by atoms with van der Waals surface area (Å²) < 4.78 is 11.2. The van der Waals surface area contributed by atoms with E-state index in [2.05, 4.69) is 17.4 Å². The number of hydrogen-bond donors (Lipinski definition) is 1. The van der Waals surface area contributed by atoms with E-state index in [0.29, 0.717) is 5.56 Å². The molecule has 206 valence electrons. The second kappa shape index (κ2) is 12.5. The van der Waals surface area contributed by atoms with Gasteiger partial charge in [0, 0.05) is 24.0 Å². The molecule has 41 heavy (non-hydrogen) atoms. The molecule has 1 amide bonds. The Hall–Kier alpha value is -4.97. The largest absolute Gasteiger partial charge is 0.449 e. The molecule has 6 heteroatoms. The van der Waals surface area contributed by atoms with Crippen LogP contribution in [-0.4, -0.2) is 30.5 Å². The molecule has 0 saturated carbocycles. The van der Waals surface area contributed by atoms with Crippen LogP contribution in [0.2, 0.25) is 0 Å². The fourth-order valence-electron chi connectivity index (χ4n) is 5.07. The maximum Gasteiger partial charge on any atom is 0.407 e. The van der Waals surface area contributed by atoms with Gasteiger partial charge in [0.1, 0.15) is 18.4 Å². The molecular weight excluding hydrogens is 514 g/mol. The molecule has 6 nitrogen and oxygen atoms in total. The first-order chi connectivity index (χ1) is 19.9. The molecule has 0 spiro atoms. The van der Waals surface area contributed by atoms with Crippen molar-refractivity contribution in [2.24, 2.45) is 0 Å². The number of ether oxygens (including phenoxy) is 2. The fraction of sp³-hybridized carbons (Fsp3) is 0.171. The van der Waals surface area contributed by atoms with Crippen molar-refractivity contribution in [1.82, 2.24) is 5.32 Å². The molecule has 0 saturated heterocycles. The number of ketones is 1. The summed E-state index contributed by atoms with van der Waals surface area (Å²) in [4.78, 5) is 38.8. The van der Waals surface area contributed by atoms with Crippen molar-refractivity contribution in [1.29, 1.82) is 0 Å². The molecule has 5 rings (SSSR count). The molecule has 4 aromatic rings. The highest BCUT2D eigenvalue weighted by atomic mass is 16.6. The number of carbonyl (C=O) groups is 3. The van der Waals surface area contributed by atoms with E-state index in [1.54, 1.807) is 24.3 Å². The van der Waals surface area contributed by atoms with E-state index >= 15 is 0 Å². The third kappa shape index (κ3) is 6.61. The first-order valence-electron chi connectivity index (χ1n) is 13.6. The molecule has 1 atom stereocenters. The standard InChI is InChI=1S/C35H31NO5/c1-23-16-18-25(19-17-23)21-32(34(38)41-24(2)20-33(37)26-10-4-3-5-11-26)36-35(39)40-22-31-29-14-8-6-12-27(29)28-13-7-9-15-30(28)31/h3-20,31-32H,21-22H2,1-2H3,(H,36,39)/b24-20+/t32-/m0/s1. The highest BCUT2D eigenvalue weighted by Gasteiger charge is 2.30. The van der Waals surface area contributed by atoms with Crippen molar-refractivity contribution in [2.45, 2.75) is 32.2 Å². The zero-order chi connectivity index (χ0) is 28.8. The van der Waals surface area contributed by atoms with Gasteiger partial charge in [-0.2, -0.15) is 0 Å². The van der Waals surface area contributed by atoms with Crippen molar-refractivity contribution < 1.29 is 23.9 Å². The molecule has 0 radical (unpaired) electrons. The Morgan fingerprint density at radius 1 is 0.805 bits per heavy atom. The van der Waals surface area contributed by atoms with Gasteiger partial charge in [-0.1, -0.05) is 109 Å². The number of benzene rings is 4. The summed E-state index contributed by atoms with van der Waals surface area (Å²) in [5.74, 6) is -0.943. The lowest BCUT2D eigenvalue weighted by molar-refractivity contribution is -0.141. The van der Waals surface area contributed by atoms with Crippen LogP contribution in [0.5, 0.6) is 0 Å². The highest BCUT2D eigenvalue weighted by Crippen LogP contribution is 2.44. The summed E-state index contributed by atoms with van der Waals surface area (Å²) in [5, 5.41) is 2.69. The number of amides is 1. The van der Waals surface area contributed by atoms with Crippen LogP contribution in [0.4, 0.5) is 4.79 Å². The monoisotopic (exact) mass is 545 g/mol. The quantitative estimate of drug-likeness (QED) is 0.109. The van der Waals surface area contributed by atoms with E-state index < -0.39 is 18.1 Å². The number of alkyl carbamates (subject to hydrolysis) is 1. The highest BCUT2D eigenvalue weighted by molar-refractivity contribution is 6.04. The van der Waals surface area contributed by atoms with Gasteiger partial charge in [-0.25, -0.2) is 9.59 Å². The first-order valence-corrected chi connectivity index (χ1v) is 13.6. The Balaban J connectivity index is 1.28. The number of hydrogen-bond acceptors (Lipinski definition) is 5. The van der Waals surface area contributed by atoms with Crippen LogP contribution >= 0.6 is 0 Å². The SMILES string of the molecule is C/C(=C\C(=O)c1ccccc1)OC(=O)[C@H](Cc1ccc(C)cc1)NC(=O)OCC1c2ccccc2-c2ccccc21. The second-order valence-electron chi connectivity index (χ2n) is 10.1. The second-order valence-corrected chi connectivity index (χ2v) is 10.1. The lowest BCUT2D eigenvalue weighted by Crippen LogP contribution is -2.43. The predicted octanol–water partition coefficient (Wildman–Crippen LogP) is 6.77. The van der Waals surface area contributed by atoms with E-state index in [1.807, 2.05) is 73.7 Å². The number of carbonyl (C=O) groups excluding carboxylic acids is 3. The average molecular weight is 546 g/mol. The number of aryl methyl sites for hydroxylation is 1. The molecule has 0 heterocycles. The molecule has 0 fully saturated rings. The van der Waals surface area contributed by atoms with Gasteiger partial charge in [0.15, 0.2) is 5.78 Å². The van der Waals surface area contributed by atoms with Gasteiger partial charge in [-0.15, -0.1) is 0 Å². The Morgan fingerprint density at radius 2 is 1.39 bits per heavy atom. The van der Waals surface area contributed by atoms with Crippen LogP contribution in [0.15, 0.2) is 115 Å². The van der Waals surface area contributed by atoms with Crippen molar-refractivity contribution in [3.05, 3.63) is 143 Å². The molecule has 0 aromatic heterocycles. The Kier molecular flexibility index (Phi) is 8.39. The lowest BCUT2D eigenvalue weighted by Gasteiger charge is -2.19. The van der Waals surface area contributed by atoms with Gasteiger partial charge in [-0.3, -0.25) is 4.79 Å². The third-order valence-electron chi connectivity index (χ3n) is 7.13. The normalized spacial score (nSPS) is 13.1. The maximum atomic E-state index is 13.2. The number of allylic oxidation sites excluding steroid dienone is 2. The van der Waals surface area contributed by atoms with Crippen LogP contribution in [0.25, 0.3) is 11.1 Å². The van der Waals surface area contributed by atoms with Gasteiger partial charge in [0.25, 0.3) is 0 Å². The average Bonchev–Trinajstić information content (AvgIpc) is 3.30. The number of fused-ring (bicyclic) bond motifs is 3. The van der Waals surface area contributed by atoms with E-state index in [-0.39, 0.29) is 30.5 Å². The molecule has 0 bridgehead atoms. The van der Waals surface area contributed by atoms with Gasteiger partial charge < -0.3 is 14.8 Å². The molecule has 1 aliphatic carbocycles. The minimum atomic E-state index is -1.02. The molecule has 1 aliphatic rings. The summed E-state index contributed by atoms with van der Waals surface area (Å²) >= 11 is 0. The van der Waals surface area contributed by atoms with Crippen molar-refractivity contribution >= 4 is 17.8 Å². The van der Waals surface area contributed by atoms with Crippen LogP contribution in [0.1, 0.15) is 45.5 Å². The predicted molar refractivity (Wildman–Crippen MR) is 157 cm³/mol. The van der Waals surface area contributed by atoms with E-state index in [4.69, 9.17) is 9.47 Å². The maximum absolute atomic E-state index is 13.2. The topological polar surface area (TPSA) is 81.7 Å². The minimum Gasteiger partial charge on any atom is -0.449 e. The van der Waals surface area contributed by atoms with E-state index in [0.717, 1.165) is 33.4 Å². The van der Waals surface area contributed by atoms with Crippen LogP contribution in [0.3, 0.4) is 0 Å². The smallest absolute Gasteiger partial charge is 0.407 e. The molecule has 4 aromatic carbocycles. The van der Waals surface area contributed by atoms with Crippen LogP contribution in [0, 0.1) is 6.92 Å². The molecular formula is C35H31NO5. The number of nitrogens with one attached hydrogen (secondary N) is 1. The van der Waals surface area contributed by atoms with E-state index in [1.165, 1.54) is 13.0 Å². The summed E-state index contributed by atoms with van der Waals surface area (Å²) in [7, 11) is 0. The zero-order valence-electron chi connectivity index (χ0n) is 23.0. The van der Waals surface area contributed by atoms with Crippen molar-refractivity contribution in [3.63, 3.8) is 0 Å². The van der Waals surface area contributed by atoms with E-state index in [9.17, 15) is 14.4 Å². The number of rotatable bonds is 9. The minimum absolute atomic E-state index is 0.107. The Morgan fingerprint density at radius 3 is 2.02 bits per heavy atom. The Bertz CT molecular complexity index is 1550. The third-order valence-corrected chi connectivity index (χ3v) is 7.13. The van der Waals surface area contributed by atoms with Crippen LogP contribution in [-0.2, 0) is 20.7 Å². The van der Waals surface area contributed by atoms with Gasteiger partial charge in [-0.05, 0) is 41.7 Å². The number of esters is 1. The summed E-state index contributed by atoms with van der Waals surface area (Å²) in [6.07, 6.45) is 0.745. The van der Waals surface area contributed by atoms with Gasteiger partial charge in [0.05, 0.1) is 0 Å². The van der Waals surface area contributed by atoms with Crippen molar-refractivity contribution in [2.75, 3.05) is 6.61 Å². The Labute approximate surface area is 239 Å². The fourth-order valence-corrected chi connectivity index (χ4v) is 5.07.